The molecule has 1 unspecified atom stereocenters. The maximum absolute atomic E-state index is 10.8. The van der Waals surface area contributed by atoms with Crippen molar-refractivity contribution in [1.29, 1.82) is 0 Å². The van der Waals surface area contributed by atoms with E-state index in [1.54, 1.807) is 13.8 Å². The number of carbonyl (C=O) groups excluding carboxylic acids is 1. The molecule has 0 bridgehead atoms. The van der Waals surface area contributed by atoms with Crippen molar-refractivity contribution in [3.63, 3.8) is 0 Å². The Balaban J connectivity index is 4.28. The van der Waals surface area contributed by atoms with Crippen LogP contribution in [0.25, 0.3) is 0 Å². The zero-order valence-electron chi connectivity index (χ0n) is 8.69. The van der Waals surface area contributed by atoms with Crippen LogP contribution in [0.4, 0.5) is 0 Å². The van der Waals surface area contributed by atoms with Gasteiger partial charge >= 0.3 is 5.97 Å². The average Bonchev–Trinajstić information content (AvgIpc) is 2.11. The smallest absolute Gasteiger partial charge is 0.305 e. The highest BCUT2D eigenvalue weighted by Gasteiger charge is 2.16. The Bertz CT molecular complexity index is 360. The summed E-state index contributed by atoms with van der Waals surface area (Å²) in [5, 5.41) is 0. The Morgan fingerprint density at radius 3 is 2.53 bits per heavy atom. The molecule has 0 aromatic carbocycles. The van der Waals surface area contributed by atoms with E-state index in [1.807, 2.05) is 0 Å². The van der Waals surface area contributed by atoms with Gasteiger partial charge in [0, 0.05) is 6.42 Å². The summed E-state index contributed by atoms with van der Waals surface area (Å²) < 4.78 is 34.5. The third-order valence-corrected chi connectivity index (χ3v) is 2.32. The first kappa shape index (κ1) is 13.9. The van der Waals surface area contributed by atoms with E-state index in [4.69, 9.17) is 9.29 Å². The van der Waals surface area contributed by atoms with E-state index < -0.39 is 27.8 Å². The lowest BCUT2D eigenvalue weighted by Crippen LogP contribution is -2.20. The van der Waals surface area contributed by atoms with Gasteiger partial charge in [-0.3, -0.25) is 9.35 Å². The van der Waals surface area contributed by atoms with Gasteiger partial charge in [0.05, 0.1) is 11.7 Å². The Morgan fingerprint density at radius 1 is 1.53 bits per heavy atom. The van der Waals surface area contributed by atoms with Crippen LogP contribution in [0.15, 0.2) is 0 Å². The molecule has 86 valence electrons. The van der Waals surface area contributed by atoms with Gasteiger partial charge in [0.25, 0.3) is 10.1 Å². The fourth-order valence-corrected chi connectivity index (χ4v) is 1.57. The molecule has 0 aliphatic rings. The van der Waals surface area contributed by atoms with Gasteiger partial charge in [-0.2, -0.15) is 8.42 Å². The molecule has 0 spiro atoms. The third kappa shape index (κ3) is 7.97. The molecule has 1 N–H and O–H groups in total. The van der Waals surface area contributed by atoms with Crippen molar-refractivity contribution in [1.82, 2.24) is 0 Å². The van der Waals surface area contributed by atoms with Gasteiger partial charge < -0.3 is 4.74 Å². The Kier molecular flexibility index (Phi) is 5.97. The Labute approximate surface area is 89.6 Å². The lowest BCUT2D eigenvalue weighted by atomic mass is 10.2. The molecule has 0 saturated carbocycles. The normalized spacial score (nSPS) is 12.5. The minimum Gasteiger partial charge on any atom is -0.464 e. The average molecular weight is 234 g/mol. The SMILES string of the molecule is CC#CC(COC(=O)CC)CS(=O)(=O)O. The second-order valence-electron chi connectivity index (χ2n) is 2.88. The Morgan fingerprint density at radius 2 is 2.13 bits per heavy atom. The molecule has 0 saturated heterocycles. The highest BCUT2D eigenvalue weighted by Crippen LogP contribution is 2.01. The molecule has 6 heteroatoms. The number of hydrogen-bond acceptors (Lipinski definition) is 4. The minimum atomic E-state index is -4.09. The van der Waals surface area contributed by atoms with Gasteiger partial charge in [-0.15, -0.1) is 5.92 Å². The van der Waals surface area contributed by atoms with Crippen LogP contribution in [0.2, 0.25) is 0 Å². The molecular weight excluding hydrogens is 220 g/mol. The number of esters is 1. The monoisotopic (exact) mass is 234 g/mol. The van der Waals surface area contributed by atoms with Gasteiger partial charge in [0.2, 0.25) is 0 Å². The third-order valence-electron chi connectivity index (χ3n) is 1.49. The van der Waals surface area contributed by atoms with Crippen LogP contribution in [0.1, 0.15) is 20.3 Å². The largest absolute Gasteiger partial charge is 0.464 e. The van der Waals surface area contributed by atoms with Crippen LogP contribution in [0.3, 0.4) is 0 Å². The van der Waals surface area contributed by atoms with Crippen molar-refractivity contribution >= 4 is 16.1 Å². The van der Waals surface area contributed by atoms with E-state index in [0.717, 1.165) is 0 Å². The summed E-state index contributed by atoms with van der Waals surface area (Å²) in [6.07, 6.45) is 0.220. The molecule has 1 atom stereocenters. The molecule has 0 aromatic heterocycles. The fraction of sp³-hybridized carbons (Fsp3) is 0.667. The van der Waals surface area contributed by atoms with Crippen molar-refractivity contribution in [2.24, 2.45) is 5.92 Å². The van der Waals surface area contributed by atoms with Crippen molar-refractivity contribution < 1.29 is 22.5 Å². The topological polar surface area (TPSA) is 80.7 Å². The first-order valence-corrected chi connectivity index (χ1v) is 6.03. The predicted octanol–water partition coefficient (Wildman–Crippen LogP) is 0.467. The zero-order valence-corrected chi connectivity index (χ0v) is 9.50. The van der Waals surface area contributed by atoms with Gasteiger partial charge in [0.15, 0.2) is 0 Å². The van der Waals surface area contributed by atoms with Crippen LogP contribution in [-0.4, -0.2) is 31.3 Å². The first-order chi connectivity index (χ1) is 6.89. The molecular formula is C9H14O5S. The number of ether oxygens (including phenoxy) is 1. The molecule has 0 aromatic rings. The standard InChI is InChI=1S/C9H14O5S/c1-3-5-8(7-15(11,12)13)6-14-9(10)4-2/h8H,4,6-7H2,1-2H3,(H,11,12,13). The van der Waals surface area contributed by atoms with Crippen molar-refractivity contribution in [2.75, 3.05) is 12.4 Å². The maximum atomic E-state index is 10.8. The molecule has 0 aliphatic heterocycles. The van der Waals surface area contributed by atoms with E-state index >= 15 is 0 Å². The second kappa shape index (κ2) is 6.43. The zero-order chi connectivity index (χ0) is 11.9. The summed E-state index contributed by atoms with van der Waals surface area (Å²) in [5.41, 5.74) is 0. The molecule has 0 amide bonds. The van der Waals surface area contributed by atoms with E-state index in [-0.39, 0.29) is 13.0 Å². The Hall–Kier alpha value is -1.06. The van der Waals surface area contributed by atoms with E-state index in [1.165, 1.54) is 0 Å². The molecule has 0 radical (unpaired) electrons. The van der Waals surface area contributed by atoms with Gasteiger partial charge in [-0.05, 0) is 6.92 Å². The van der Waals surface area contributed by atoms with Crippen LogP contribution < -0.4 is 0 Å². The van der Waals surface area contributed by atoms with E-state index in [2.05, 4.69) is 11.8 Å². The maximum Gasteiger partial charge on any atom is 0.305 e. The minimum absolute atomic E-state index is 0.118. The van der Waals surface area contributed by atoms with Gasteiger partial charge in [0.1, 0.15) is 6.61 Å². The predicted molar refractivity (Wildman–Crippen MR) is 54.6 cm³/mol. The van der Waals surface area contributed by atoms with Crippen molar-refractivity contribution in [2.45, 2.75) is 20.3 Å². The molecule has 0 fully saturated rings. The highest BCUT2D eigenvalue weighted by atomic mass is 32.2. The molecule has 5 nitrogen and oxygen atoms in total. The second-order valence-corrected chi connectivity index (χ2v) is 4.37. The van der Waals surface area contributed by atoms with E-state index in [9.17, 15) is 13.2 Å². The van der Waals surface area contributed by atoms with Gasteiger partial charge in [-0.25, -0.2) is 0 Å². The summed E-state index contributed by atoms with van der Waals surface area (Å²) in [6, 6.07) is 0. The highest BCUT2D eigenvalue weighted by molar-refractivity contribution is 7.85. The number of hydrogen-bond donors (Lipinski definition) is 1. The van der Waals surface area contributed by atoms with Crippen LogP contribution in [0, 0.1) is 17.8 Å². The number of carbonyl (C=O) groups is 1. The number of rotatable bonds is 5. The molecule has 0 aliphatic carbocycles. The summed E-state index contributed by atoms with van der Waals surface area (Å²) in [4.78, 5) is 10.8. The van der Waals surface area contributed by atoms with E-state index in [0.29, 0.717) is 0 Å². The molecule has 0 heterocycles. The molecule has 0 rings (SSSR count). The van der Waals surface area contributed by atoms with Crippen LogP contribution in [0.5, 0.6) is 0 Å². The first-order valence-electron chi connectivity index (χ1n) is 4.42. The summed E-state index contributed by atoms with van der Waals surface area (Å²) in [5.74, 6) is 3.44. The molecule has 15 heavy (non-hydrogen) atoms. The summed E-state index contributed by atoms with van der Waals surface area (Å²) in [7, 11) is -4.09. The fourth-order valence-electron chi connectivity index (χ4n) is 0.885. The lowest BCUT2D eigenvalue weighted by Gasteiger charge is -2.08. The van der Waals surface area contributed by atoms with Crippen LogP contribution in [-0.2, 0) is 19.6 Å². The van der Waals surface area contributed by atoms with Gasteiger partial charge in [-0.1, -0.05) is 12.8 Å². The summed E-state index contributed by atoms with van der Waals surface area (Å²) >= 11 is 0. The summed E-state index contributed by atoms with van der Waals surface area (Å²) in [6.45, 7) is 3.05. The van der Waals surface area contributed by atoms with Crippen LogP contribution >= 0.6 is 0 Å². The van der Waals surface area contributed by atoms with Crippen molar-refractivity contribution in [3.8, 4) is 11.8 Å². The van der Waals surface area contributed by atoms with Crippen molar-refractivity contribution in [3.05, 3.63) is 0 Å². The quantitative estimate of drug-likeness (QED) is 0.425. The lowest BCUT2D eigenvalue weighted by molar-refractivity contribution is -0.143.